The molecule has 5 heteroatoms. The van der Waals surface area contributed by atoms with Crippen LogP contribution in [-0.4, -0.2) is 8.42 Å². The minimum atomic E-state index is -3.38. The van der Waals surface area contributed by atoms with Gasteiger partial charge in [0, 0.05) is 6.54 Å². The lowest BCUT2D eigenvalue weighted by Gasteiger charge is -2.11. The average Bonchev–Trinajstić information content (AvgIpc) is 3.07. The van der Waals surface area contributed by atoms with Gasteiger partial charge in [-0.2, -0.15) is 11.3 Å². The van der Waals surface area contributed by atoms with Crippen LogP contribution in [0.2, 0.25) is 0 Å². The molecule has 3 nitrogen and oxygen atoms in total. The maximum Gasteiger partial charge on any atom is 0.216 e. The normalized spacial score (nSPS) is 11.5. The molecule has 2 aromatic carbocycles. The SMILES string of the molecule is Cc1cccc(CS(=O)(=O)NCc2ccccc2-c2ccsc2)c1. The third-order valence-corrected chi connectivity index (χ3v) is 5.75. The molecule has 0 spiro atoms. The zero-order valence-electron chi connectivity index (χ0n) is 13.4. The van der Waals surface area contributed by atoms with Crippen molar-refractivity contribution in [3.63, 3.8) is 0 Å². The second kappa shape index (κ2) is 7.30. The molecule has 1 heterocycles. The van der Waals surface area contributed by atoms with Gasteiger partial charge in [0.25, 0.3) is 0 Å². The molecule has 0 aliphatic carbocycles. The molecule has 0 saturated heterocycles. The van der Waals surface area contributed by atoms with Crippen molar-refractivity contribution in [2.75, 3.05) is 0 Å². The Morgan fingerprint density at radius 1 is 1.04 bits per heavy atom. The molecule has 124 valence electrons. The molecular weight excluding hydrogens is 338 g/mol. The van der Waals surface area contributed by atoms with E-state index < -0.39 is 10.0 Å². The number of hydrogen-bond donors (Lipinski definition) is 1. The fourth-order valence-corrected chi connectivity index (χ4v) is 4.39. The highest BCUT2D eigenvalue weighted by atomic mass is 32.2. The predicted molar refractivity (Wildman–Crippen MR) is 100 cm³/mol. The molecule has 1 N–H and O–H groups in total. The molecule has 0 aliphatic heterocycles. The number of thiophene rings is 1. The predicted octanol–water partition coefficient (Wildman–Crippen LogP) is 4.34. The second-order valence-corrected chi connectivity index (χ2v) is 8.33. The third kappa shape index (κ3) is 4.32. The van der Waals surface area contributed by atoms with Crippen LogP contribution in [0.15, 0.2) is 65.4 Å². The lowest BCUT2D eigenvalue weighted by Crippen LogP contribution is -2.25. The van der Waals surface area contributed by atoms with E-state index >= 15 is 0 Å². The molecule has 0 fully saturated rings. The Balaban J connectivity index is 1.74. The van der Waals surface area contributed by atoms with E-state index in [9.17, 15) is 8.42 Å². The van der Waals surface area contributed by atoms with Crippen LogP contribution in [0.5, 0.6) is 0 Å². The molecule has 24 heavy (non-hydrogen) atoms. The van der Waals surface area contributed by atoms with Gasteiger partial charge in [-0.3, -0.25) is 0 Å². The van der Waals surface area contributed by atoms with Crippen molar-refractivity contribution in [2.24, 2.45) is 0 Å². The van der Waals surface area contributed by atoms with Crippen LogP contribution in [0.3, 0.4) is 0 Å². The van der Waals surface area contributed by atoms with E-state index in [0.29, 0.717) is 6.54 Å². The molecular formula is C19H19NO2S2. The third-order valence-electron chi connectivity index (χ3n) is 3.77. The maximum absolute atomic E-state index is 12.4. The Hall–Kier alpha value is -1.95. The van der Waals surface area contributed by atoms with Crippen LogP contribution in [-0.2, 0) is 22.3 Å². The Labute approximate surface area is 147 Å². The summed E-state index contributed by atoms with van der Waals surface area (Å²) < 4.78 is 27.5. The van der Waals surface area contributed by atoms with Crippen LogP contribution in [0, 0.1) is 6.92 Å². The van der Waals surface area contributed by atoms with Crippen molar-refractivity contribution in [1.29, 1.82) is 0 Å². The van der Waals surface area contributed by atoms with Crippen molar-refractivity contribution in [3.8, 4) is 11.1 Å². The lowest BCUT2D eigenvalue weighted by molar-refractivity contribution is 0.580. The Morgan fingerprint density at radius 3 is 2.62 bits per heavy atom. The highest BCUT2D eigenvalue weighted by molar-refractivity contribution is 7.88. The van der Waals surface area contributed by atoms with Gasteiger partial charge in [0.2, 0.25) is 10.0 Å². The maximum atomic E-state index is 12.4. The summed E-state index contributed by atoms with van der Waals surface area (Å²) >= 11 is 1.63. The number of benzene rings is 2. The van der Waals surface area contributed by atoms with Gasteiger partial charge in [0.05, 0.1) is 5.75 Å². The van der Waals surface area contributed by atoms with Crippen LogP contribution in [0.25, 0.3) is 11.1 Å². The van der Waals surface area contributed by atoms with Crippen molar-refractivity contribution in [1.82, 2.24) is 4.72 Å². The highest BCUT2D eigenvalue weighted by Gasteiger charge is 2.13. The summed E-state index contributed by atoms with van der Waals surface area (Å²) in [5.74, 6) is -0.00466. The summed E-state index contributed by atoms with van der Waals surface area (Å²) in [6, 6.07) is 17.5. The smallest absolute Gasteiger partial charge is 0.212 e. The summed E-state index contributed by atoms with van der Waals surface area (Å²) in [5, 5.41) is 4.09. The molecule has 0 unspecified atom stereocenters. The first-order valence-electron chi connectivity index (χ1n) is 7.67. The van der Waals surface area contributed by atoms with Gasteiger partial charge in [-0.1, -0.05) is 54.1 Å². The number of rotatable bonds is 6. The summed E-state index contributed by atoms with van der Waals surface area (Å²) in [6.07, 6.45) is 0. The minimum absolute atomic E-state index is 0.00466. The Morgan fingerprint density at radius 2 is 1.88 bits per heavy atom. The fourth-order valence-electron chi connectivity index (χ4n) is 2.63. The van der Waals surface area contributed by atoms with E-state index in [1.54, 1.807) is 11.3 Å². The van der Waals surface area contributed by atoms with Crippen molar-refractivity contribution in [2.45, 2.75) is 19.2 Å². The van der Waals surface area contributed by atoms with Crippen molar-refractivity contribution >= 4 is 21.4 Å². The Bertz CT molecular complexity index is 916. The lowest BCUT2D eigenvalue weighted by atomic mass is 10.0. The highest BCUT2D eigenvalue weighted by Crippen LogP contribution is 2.25. The molecule has 0 aliphatic rings. The van der Waals surface area contributed by atoms with Gasteiger partial charge in [0.15, 0.2) is 0 Å². The van der Waals surface area contributed by atoms with Crippen LogP contribution < -0.4 is 4.72 Å². The molecule has 0 radical (unpaired) electrons. The molecule has 1 aromatic heterocycles. The van der Waals surface area contributed by atoms with Crippen LogP contribution in [0.1, 0.15) is 16.7 Å². The summed E-state index contributed by atoms with van der Waals surface area (Å²) in [6.45, 7) is 2.25. The van der Waals surface area contributed by atoms with E-state index in [1.165, 1.54) is 0 Å². The monoisotopic (exact) mass is 357 g/mol. The van der Waals surface area contributed by atoms with Gasteiger partial charge in [-0.25, -0.2) is 13.1 Å². The minimum Gasteiger partial charge on any atom is -0.212 e. The first-order valence-corrected chi connectivity index (χ1v) is 10.3. The van der Waals surface area contributed by atoms with E-state index in [2.05, 4.69) is 10.1 Å². The summed E-state index contributed by atoms with van der Waals surface area (Å²) in [5.41, 5.74) is 5.02. The molecule has 3 rings (SSSR count). The van der Waals surface area contributed by atoms with Gasteiger partial charge in [-0.05, 0) is 46.0 Å². The first kappa shape index (κ1) is 16.9. The zero-order chi connectivity index (χ0) is 17.0. The zero-order valence-corrected chi connectivity index (χ0v) is 15.0. The summed E-state index contributed by atoms with van der Waals surface area (Å²) in [7, 11) is -3.38. The molecule has 0 amide bonds. The molecule has 0 atom stereocenters. The van der Waals surface area contributed by atoms with Crippen LogP contribution in [0.4, 0.5) is 0 Å². The average molecular weight is 358 g/mol. The van der Waals surface area contributed by atoms with Crippen molar-refractivity contribution < 1.29 is 8.42 Å². The standard InChI is InChI=1S/C19H19NO2S2/c1-15-5-4-6-16(11-15)14-24(21,22)20-12-17-7-2-3-8-19(17)18-9-10-23-13-18/h2-11,13,20H,12,14H2,1H3. The van der Waals surface area contributed by atoms with Gasteiger partial charge < -0.3 is 0 Å². The molecule has 0 saturated carbocycles. The molecule has 0 bridgehead atoms. The topological polar surface area (TPSA) is 46.2 Å². The largest absolute Gasteiger partial charge is 0.216 e. The van der Waals surface area contributed by atoms with Crippen molar-refractivity contribution in [3.05, 3.63) is 82.0 Å². The summed E-state index contributed by atoms with van der Waals surface area (Å²) in [4.78, 5) is 0. The van der Waals surface area contributed by atoms with E-state index in [4.69, 9.17) is 0 Å². The van der Waals surface area contributed by atoms with E-state index in [-0.39, 0.29) is 5.75 Å². The van der Waals surface area contributed by atoms with Gasteiger partial charge in [0.1, 0.15) is 0 Å². The number of hydrogen-bond acceptors (Lipinski definition) is 3. The second-order valence-electron chi connectivity index (χ2n) is 5.74. The Kier molecular flexibility index (Phi) is 5.14. The quantitative estimate of drug-likeness (QED) is 0.713. The number of aryl methyl sites for hydroxylation is 1. The van der Waals surface area contributed by atoms with Gasteiger partial charge in [-0.15, -0.1) is 0 Å². The van der Waals surface area contributed by atoms with Crippen LogP contribution >= 0.6 is 11.3 Å². The number of nitrogens with one attached hydrogen (secondary N) is 1. The number of sulfonamides is 1. The fraction of sp³-hybridized carbons (Fsp3) is 0.158. The van der Waals surface area contributed by atoms with E-state index in [1.807, 2.05) is 66.9 Å². The molecule has 3 aromatic rings. The first-order chi connectivity index (χ1) is 11.5. The van der Waals surface area contributed by atoms with E-state index in [0.717, 1.165) is 27.8 Å². The van der Waals surface area contributed by atoms with Gasteiger partial charge >= 0.3 is 0 Å².